The van der Waals surface area contributed by atoms with Gasteiger partial charge < -0.3 is 4.90 Å². The number of amides is 1. The van der Waals surface area contributed by atoms with Crippen molar-refractivity contribution < 1.29 is 4.79 Å². The molecule has 0 N–H and O–H groups in total. The van der Waals surface area contributed by atoms with E-state index in [0.29, 0.717) is 5.25 Å². The van der Waals surface area contributed by atoms with Gasteiger partial charge in [-0.2, -0.15) is 0 Å². The van der Waals surface area contributed by atoms with Gasteiger partial charge in [0.25, 0.3) is 0 Å². The van der Waals surface area contributed by atoms with Gasteiger partial charge in [0.05, 0.1) is 6.04 Å². The Bertz CT molecular complexity index is 474. The summed E-state index contributed by atoms with van der Waals surface area (Å²) in [5.41, 5.74) is 1.26. The van der Waals surface area contributed by atoms with Gasteiger partial charge in [-0.15, -0.1) is 11.8 Å². The molecule has 0 radical (unpaired) electrons. The van der Waals surface area contributed by atoms with E-state index in [1.54, 1.807) is 0 Å². The molecular formula is C17H24N2OS. The highest BCUT2D eigenvalue weighted by atomic mass is 32.2. The van der Waals surface area contributed by atoms with Gasteiger partial charge >= 0.3 is 0 Å². The smallest absolute Gasteiger partial charge is 0.210 e. The van der Waals surface area contributed by atoms with Crippen molar-refractivity contribution in [1.82, 2.24) is 9.88 Å². The number of carbonyl (C=O) groups excluding carboxylic acids is 1. The zero-order valence-corrected chi connectivity index (χ0v) is 13.4. The van der Waals surface area contributed by atoms with Crippen molar-refractivity contribution in [1.29, 1.82) is 0 Å². The highest BCUT2D eigenvalue weighted by Crippen LogP contribution is 2.39. The fraction of sp³-hybridized carbons (Fsp3) is 0.647. The van der Waals surface area contributed by atoms with Crippen LogP contribution < -0.4 is 0 Å². The van der Waals surface area contributed by atoms with Crippen LogP contribution in [0.25, 0.3) is 0 Å². The molecule has 4 heteroatoms. The highest BCUT2D eigenvalue weighted by Gasteiger charge is 2.26. The van der Waals surface area contributed by atoms with Crippen molar-refractivity contribution in [3.63, 3.8) is 0 Å². The molecule has 1 atom stereocenters. The first-order valence-electron chi connectivity index (χ1n) is 8.21. The molecule has 1 aromatic heterocycles. The second-order valence-corrected chi connectivity index (χ2v) is 7.42. The minimum absolute atomic E-state index is 0.232. The van der Waals surface area contributed by atoms with Crippen LogP contribution in [-0.2, 0) is 4.79 Å². The summed E-state index contributed by atoms with van der Waals surface area (Å²) < 4.78 is 0. The van der Waals surface area contributed by atoms with Crippen LogP contribution in [0.1, 0.15) is 63.0 Å². The van der Waals surface area contributed by atoms with Crippen LogP contribution in [0.4, 0.5) is 0 Å². The van der Waals surface area contributed by atoms with Crippen LogP contribution in [0.5, 0.6) is 0 Å². The Labute approximate surface area is 131 Å². The summed E-state index contributed by atoms with van der Waals surface area (Å²) in [4.78, 5) is 17.9. The quantitative estimate of drug-likeness (QED) is 0.782. The Balaban J connectivity index is 1.79. The monoisotopic (exact) mass is 304 g/mol. The molecule has 1 aromatic rings. The van der Waals surface area contributed by atoms with Crippen molar-refractivity contribution in [2.45, 2.75) is 67.7 Å². The summed E-state index contributed by atoms with van der Waals surface area (Å²) in [5.74, 6) is 0. The number of aromatic nitrogens is 1. The van der Waals surface area contributed by atoms with Crippen LogP contribution in [0.2, 0.25) is 0 Å². The average molecular weight is 304 g/mol. The van der Waals surface area contributed by atoms with E-state index in [-0.39, 0.29) is 6.04 Å². The van der Waals surface area contributed by atoms with E-state index >= 15 is 0 Å². The molecule has 1 aliphatic heterocycles. The molecule has 3 rings (SSSR count). The Morgan fingerprint density at radius 3 is 2.76 bits per heavy atom. The highest BCUT2D eigenvalue weighted by molar-refractivity contribution is 7.99. The van der Waals surface area contributed by atoms with Crippen molar-refractivity contribution in [2.24, 2.45) is 0 Å². The predicted molar refractivity (Wildman–Crippen MR) is 86.3 cm³/mol. The zero-order chi connectivity index (χ0) is 14.5. The summed E-state index contributed by atoms with van der Waals surface area (Å²) in [6.45, 7) is 0.886. The molecule has 0 unspecified atom stereocenters. The molecule has 1 aliphatic carbocycles. The van der Waals surface area contributed by atoms with Crippen LogP contribution in [-0.4, -0.2) is 28.1 Å². The van der Waals surface area contributed by atoms with Crippen LogP contribution in [0, 0.1) is 0 Å². The summed E-state index contributed by atoms with van der Waals surface area (Å²) in [7, 11) is 0. The number of hydrogen-bond acceptors (Lipinski definition) is 3. The third-order valence-electron chi connectivity index (χ3n) is 4.67. The van der Waals surface area contributed by atoms with Crippen LogP contribution >= 0.6 is 11.8 Å². The summed E-state index contributed by atoms with van der Waals surface area (Å²) in [6, 6.07) is 4.42. The van der Waals surface area contributed by atoms with E-state index in [1.807, 2.05) is 28.9 Å². The van der Waals surface area contributed by atoms with Gasteiger partial charge in [0.15, 0.2) is 0 Å². The zero-order valence-electron chi connectivity index (χ0n) is 12.5. The molecule has 114 valence electrons. The lowest BCUT2D eigenvalue weighted by atomic mass is 9.97. The summed E-state index contributed by atoms with van der Waals surface area (Å²) in [6.07, 6.45) is 13.0. The van der Waals surface area contributed by atoms with E-state index in [4.69, 9.17) is 0 Å². The molecule has 0 spiro atoms. The Morgan fingerprint density at radius 1 is 1.14 bits per heavy atom. The minimum Gasteiger partial charge on any atom is -0.338 e. The predicted octanol–water partition coefficient (Wildman–Crippen LogP) is 4.19. The molecular weight excluding hydrogens is 280 g/mol. The SMILES string of the molecule is O=CN1CCCC[C@H]1c1cccnc1SC1CCCCC1. The summed E-state index contributed by atoms with van der Waals surface area (Å²) in [5, 5.41) is 1.86. The molecule has 1 amide bonds. The molecule has 1 saturated heterocycles. The summed E-state index contributed by atoms with van der Waals surface area (Å²) >= 11 is 1.94. The van der Waals surface area contributed by atoms with Gasteiger partial charge in [-0.25, -0.2) is 4.98 Å². The second-order valence-electron chi connectivity index (χ2n) is 6.13. The Kier molecular flexibility index (Phi) is 5.17. The normalized spacial score (nSPS) is 24.0. The number of rotatable bonds is 4. The number of hydrogen-bond donors (Lipinski definition) is 0. The van der Waals surface area contributed by atoms with Crippen LogP contribution in [0.15, 0.2) is 23.4 Å². The van der Waals surface area contributed by atoms with Gasteiger partial charge in [-0.3, -0.25) is 4.79 Å². The van der Waals surface area contributed by atoms with Crippen molar-refractivity contribution in [3.05, 3.63) is 23.9 Å². The number of thioether (sulfide) groups is 1. The van der Waals surface area contributed by atoms with Crippen LogP contribution in [0.3, 0.4) is 0 Å². The van der Waals surface area contributed by atoms with Crippen molar-refractivity contribution in [2.75, 3.05) is 6.54 Å². The molecule has 2 heterocycles. The van der Waals surface area contributed by atoms with Crippen molar-refractivity contribution >= 4 is 18.2 Å². The van der Waals surface area contributed by atoms with Gasteiger partial charge in [0.2, 0.25) is 6.41 Å². The number of likely N-dealkylation sites (tertiary alicyclic amines) is 1. The lowest BCUT2D eigenvalue weighted by molar-refractivity contribution is -0.121. The molecule has 0 bridgehead atoms. The van der Waals surface area contributed by atoms with E-state index in [2.05, 4.69) is 11.1 Å². The Morgan fingerprint density at radius 2 is 1.95 bits per heavy atom. The number of pyridine rings is 1. The van der Waals surface area contributed by atoms with E-state index in [0.717, 1.165) is 30.8 Å². The molecule has 21 heavy (non-hydrogen) atoms. The molecule has 0 aromatic carbocycles. The maximum atomic E-state index is 11.3. The van der Waals surface area contributed by atoms with E-state index < -0.39 is 0 Å². The lowest BCUT2D eigenvalue weighted by Gasteiger charge is -2.34. The molecule has 2 fully saturated rings. The second kappa shape index (κ2) is 7.30. The lowest BCUT2D eigenvalue weighted by Crippen LogP contribution is -2.32. The fourth-order valence-electron chi connectivity index (χ4n) is 3.51. The fourth-order valence-corrected chi connectivity index (χ4v) is 4.86. The van der Waals surface area contributed by atoms with Gasteiger partial charge in [0, 0.05) is 23.6 Å². The van der Waals surface area contributed by atoms with Crippen molar-refractivity contribution in [3.8, 4) is 0 Å². The molecule has 2 aliphatic rings. The molecule has 3 nitrogen and oxygen atoms in total. The third kappa shape index (κ3) is 3.60. The number of piperidine rings is 1. The largest absolute Gasteiger partial charge is 0.338 e. The maximum absolute atomic E-state index is 11.3. The first-order chi connectivity index (χ1) is 10.4. The van der Waals surface area contributed by atoms with Gasteiger partial charge in [0.1, 0.15) is 5.03 Å². The third-order valence-corrected chi connectivity index (χ3v) is 6.04. The van der Waals surface area contributed by atoms with Gasteiger partial charge in [-0.05, 0) is 38.2 Å². The maximum Gasteiger partial charge on any atom is 0.210 e. The number of carbonyl (C=O) groups is 1. The van der Waals surface area contributed by atoms with Gasteiger partial charge in [-0.1, -0.05) is 25.3 Å². The minimum atomic E-state index is 0.232. The Hall–Kier alpha value is -1.03. The van der Waals surface area contributed by atoms with E-state index in [9.17, 15) is 4.79 Å². The van der Waals surface area contributed by atoms with E-state index in [1.165, 1.54) is 44.1 Å². The topological polar surface area (TPSA) is 33.2 Å². The standard InChI is InChI=1S/C17H24N2OS/c20-13-19-12-5-4-10-16(19)15-9-6-11-18-17(15)21-14-7-2-1-3-8-14/h6,9,11,13-14,16H,1-5,7-8,10,12H2/t16-/m0/s1. The first kappa shape index (κ1) is 14.9. The first-order valence-corrected chi connectivity index (χ1v) is 9.09. The number of nitrogens with zero attached hydrogens (tertiary/aromatic N) is 2. The molecule has 1 saturated carbocycles. The average Bonchev–Trinajstić information content (AvgIpc) is 2.56.